The molecular formula is C19H14ClN3O2S. The molecule has 0 atom stereocenters. The van der Waals surface area contributed by atoms with Crippen LogP contribution in [-0.2, 0) is 4.79 Å². The Morgan fingerprint density at radius 3 is 2.85 bits per heavy atom. The quantitative estimate of drug-likeness (QED) is 0.642. The van der Waals surface area contributed by atoms with Gasteiger partial charge in [0.25, 0.3) is 5.91 Å². The molecule has 3 rings (SSSR count). The van der Waals surface area contributed by atoms with E-state index in [1.54, 1.807) is 42.5 Å². The summed E-state index contributed by atoms with van der Waals surface area (Å²) in [5, 5.41) is 12.5. The summed E-state index contributed by atoms with van der Waals surface area (Å²) < 4.78 is 5.40. The maximum atomic E-state index is 12.9. The van der Waals surface area contributed by atoms with Gasteiger partial charge in [0.15, 0.2) is 11.7 Å². The molecule has 1 heterocycles. The summed E-state index contributed by atoms with van der Waals surface area (Å²) >= 11 is 11.3. The second-order valence-electron chi connectivity index (χ2n) is 5.54. The fraction of sp³-hybridized carbons (Fsp3) is 0.105. The molecule has 0 saturated carbocycles. The van der Waals surface area contributed by atoms with Crippen LogP contribution in [-0.4, -0.2) is 17.6 Å². The molecule has 130 valence electrons. The highest BCUT2D eigenvalue weighted by Gasteiger charge is 2.33. The van der Waals surface area contributed by atoms with Crippen LogP contribution in [0.4, 0.5) is 5.69 Å². The van der Waals surface area contributed by atoms with Gasteiger partial charge in [-0.1, -0.05) is 29.8 Å². The number of nitrogens with one attached hydrogen (secondary N) is 1. The molecule has 0 aromatic heterocycles. The lowest BCUT2D eigenvalue weighted by atomic mass is 10.1. The Labute approximate surface area is 161 Å². The van der Waals surface area contributed by atoms with Gasteiger partial charge in [0, 0.05) is 10.6 Å². The normalized spacial score (nSPS) is 15.1. The van der Waals surface area contributed by atoms with Gasteiger partial charge < -0.3 is 10.1 Å². The molecule has 0 aliphatic carbocycles. The summed E-state index contributed by atoms with van der Waals surface area (Å²) in [5.41, 5.74) is 2.52. The average Bonchev–Trinajstić information content (AvgIpc) is 2.88. The van der Waals surface area contributed by atoms with E-state index in [0.717, 1.165) is 5.56 Å². The number of carbonyl (C=O) groups is 1. The van der Waals surface area contributed by atoms with Crippen LogP contribution in [0, 0.1) is 18.3 Å². The SMILES string of the molecule is Cc1cc(Cl)ccc1N1C(=O)/C(=C\c2ccccc2OCC#N)NC1=S. The second-order valence-corrected chi connectivity index (χ2v) is 6.37. The maximum Gasteiger partial charge on any atom is 0.281 e. The molecule has 0 radical (unpaired) electrons. The zero-order chi connectivity index (χ0) is 18.7. The number of para-hydroxylation sites is 1. The Hall–Kier alpha value is -2.88. The van der Waals surface area contributed by atoms with E-state index in [1.807, 2.05) is 19.1 Å². The predicted molar refractivity (Wildman–Crippen MR) is 105 cm³/mol. The molecule has 1 amide bonds. The van der Waals surface area contributed by atoms with Gasteiger partial charge in [-0.3, -0.25) is 9.69 Å². The summed E-state index contributed by atoms with van der Waals surface area (Å²) in [6.07, 6.45) is 1.66. The number of ether oxygens (including phenoxy) is 1. The van der Waals surface area contributed by atoms with E-state index in [-0.39, 0.29) is 12.5 Å². The molecule has 1 saturated heterocycles. The topological polar surface area (TPSA) is 65.4 Å². The minimum atomic E-state index is -0.268. The van der Waals surface area contributed by atoms with Crippen LogP contribution in [0.15, 0.2) is 48.2 Å². The van der Waals surface area contributed by atoms with E-state index in [1.165, 1.54) is 4.90 Å². The van der Waals surface area contributed by atoms with Crippen LogP contribution < -0.4 is 15.0 Å². The molecule has 2 aromatic carbocycles. The number of thiocarbonyl (C=S) groups is 1. The Balaban J connectivity index is 1.95. The number of nitrogens with zero attached hydrogens (tertiary/aromatic N) is 2. The number of amides is 1. The number of halogens is 1. The van der Waals surface area contributed by atoms with Crippen molar-refractivity contribution in [3.63, 3.8) is 0 Å². The largest absolute Gasteiger partial charge is 0.478 e. The Bertz CT molecular complexity index is 965. The number of carbonyl (C=O) groups excluding carboxylic acids is 1. The number of rotatable bonds is 4. The molecular weight excluding hydrogens is 370 g/mol. The lowest BCUT2D eigenvalue weighted by molar-refractivity contribution is -0.113. The van der Waals surface area contributed by atoms with E-state index in [4.69, 9.17) is 33.8 Å². The van der Waals surface area contributed by atoms with E-state index < -0.39 is 0 Å². The highest BCUT2D eigenvalue weighted by Crippen LogP contribution is 2.29. The van der Waals surface area contributed by atoms with Gasteiger partial charge in [-0.25, -0.2) is 0 Å². The van der Waals surface area contributed by atoms with Gasteiger partial charge in [0.05, 0.1) is 5.69 Å². The van der Waals surface area contributed by atoms with Gasteiger partial charge in [0.1, 0.15) is 17.5 Å². The molecule has 0 unspecified atom stereocenters. The summed E-state index contributed by atoms with van der Waals surface area (Å²) in [4.78, 5) is 14.3. The summed E-state index contributed by atoms with van der Waals surface area (Å²) in [5.74, 6) is 0.249. The molecule has 1 N–H and O–H groups in total. The highest BCUT2D eigenvalue weighted by molar-refractivity contribution is 7.80. The molecule has 1 fully saturated rings. The minimum Gasteiger partial charge on any atom is -0.478 e. The molecule has 1 aliphatic rings. The van der Waals surface area contributed by atoms with Gasteiger partial charge >= 0.3 is 0 Å². The summed E-state index contributed by atoms with van der Waals surface area (Å²) in [7, 11) is 0. The molecule has 0 bridgehead atoms. The molecule has 26 heavy (non-hydrogen) atoms. The first-order chi connectivity index (χ1) is 12.5. The van der Waals surface area contributed by atoms with Crippen LogP contribution in [0.25, 0.3) is 6.08 Å². The lowest BCUT2D eigenvalue weighted by Gasteiger charge is -2.16. The van der Waals surface area contributed by atoms with Crippen molar-refractivity contribution in [3.05, 3.63) is 64.3 Å². The molecule has 0 spiro atoms. The Morgan fingerprint density at radius 1 is 1.35 bits per heavy atom. The first-order valence-corrected chi connectivity index (χ1v) is 8.52. The van der Waals surface area contributed by atoms with Crippen LogP contribution in [0.5, 0.6) is 5.75 Å². The molecule has 5 nitrogen and oxygen atoms in total. The van der Waals surface area contributed by atoms with Crippen molar-refractivity contribution in [1.29, 1.82) is 5.26 Å². The van der Waals surface area contributed by atoms with Crippen LogP contribution in [0.2, 0.25) is 5.02 Å². The summed E-state index contributed by atoms with van der Waals surface area (Å²) in [6, 6.07) is 14.3. The fourth-order valence-electron chi connectivity index (χ4n) is 2.62. The number of benzene rings is 2. The van der Waals surface area contributed by atoms with Gasteiger partial charge in [-0.05, 0) is 55.0 Å². The minimum absolute atomic E-state index is 0.0733. The number of hydrogen-bond acceptors (Lipinski definition) is 4. The zero-order valence-electron chi connectivity index (χ0n) is 13.8. The van der Waals surface area contributed by atoms with Gasteiger partial charge in [-0.15, -0.1) is 0 Å². The van der Waals surface area contributed by atoms with Crippen molar-refractivity contribution >= 4 is 46.6 Å². The number of aryl methyl sites for hydroxylation is 1. The maximum absolute atomic E-state index is 12.9. The number of anilines is 1. The third-order valence-corrected chi connectivity index (χ3v) is 4.31. The standard InChI is InChI=1S/C19H14ClN3O2S/c1-12-10-14(20)6-7-16(12)23-18(24)15(22-19(23)26)11-13-4-2-3-5-17(13)25-9-8-21/h2-7,10-11H,9H2,1H3,(H,22,26)/b15-11+. The number of hydrogen-bond donors (Lipinski definition) is 1. The highest BCUT2D eigenvalue weighted by atomic mass is 35.5. The third-order valence-electron chi connectivity index (χ3n) is 3.79. The molecule has 1 aliphatic heterocycles. The second kappa shape index (κ2) is 7.56. The number of nitriles is 1. The molecule has 2 aromatic rings. The first-order valence-electron chi connectivity index (χ1n) is 7.73. The van der Waals surface area contributed by atoms with Crippen molar-refractivity contribution in [1.82, 2.24) is 5.32 Å². The summed E-state index contributed by atoms with van der Waals surface area (Å²) in [6.45, 7) is 1.79. The van der Waals surface area contributed by atoms with Gasteiger partial charge in [0.2, 0.25) is 0 Å². The van der Waals surface area contributed by atoms with Gasteiger partial charge in [-0.2, -0.15) is 5.26 Å². The van der Waals surface area contributed by atoms with Crippen molar-refractivity contribution in [3.8, 4) is 11.8 Å². The Kier molecular flexibility index (Phi) is 5.21. The monoisotopic (exact) mass is 383 g/mol. The molecule has 7 heteroatoms. The first kappa shape index (κ1) is 17.9. The van der Waals surface area contributed by atoms with Crippen LogP contribution in [0.3, 0.4) is 0 Å². The van der Waals surface area contributed by atoms with Crippen molar-refractivity contribution < 1.29 is 9.53 Å². The van der Waals surface area contributed by atoms with Crippen LogP contribution in [0.1, 0.15) is 11.1 Å². The van der Waals surface area contributed by atoms with E-state index in [9.17, 15) is 4.79 Å². The van der Waals surface area contributed by atoms with E-state index in [0.29, 0.717) is 32.8 Å². The predicted octanol–water partition coefficient (Wildman–Crippen LogP) is 3.81. The lowest BCUT2D eigenvalue weighted by Crippen LogP contribution is -2.30. The zero-order valence-corrected chi connectivity index (χ0v) is 15.4. The average molecular weight is 384 g/mol. The third kappa shape index (κ3) is 3.54. The van der Waals surface area contributed by atoms with E-state index in [2.05, 4.69) is 5.32 Å². The fourth-order valence-corrected chi connectivity index (χ4v) is 3.14. The van der Waals surface area contributed by atoms with E-state index >= 15 is 0 Å². The van der Waals surface area contributed by atoms with Crippen molar-refractivity contribution in [2.24, 2.45) is 0 Å². The van der Waals surface area contributed by atoms with Crippen molar-refractivity contribution in [2.45, 2.75) is 6.92 Å². The smallest absolute Gasteiger partial charge is 0.281 e. The van der Waals surface area contributed by atoms with Crippen molar-refractivity contribution in [2.75, 3.05) is 11.5 Å². The Morgan fingerprint density at radius 2 is 2.12 bits per heavy atom. The van der Waals surface area contributed by atoms with Crippen LogP contribution >= 0.6 is 23.8 Å².